The van der Waals surface area contributed by atoms with Crippen LogP contribution in [0.5, 0.6) is 0 Å². The van der Waals surface area contributed by atoms with Gasteiger partial charge in [-0.25, -0.2) is 4.98 Å². The molecule has 13 rings (SSSR count). The Balaban J connectivity index is 1.24. The van der Waals surface area contributed by atoms with Gasteiger partial charge in [-0.2, -0.15) is 9.97 Å². The molecule has 0 aliphatic heterocycles. The summed E-state index contributed by atoms with van der Waals surface area (Å²) in [5, 5.41) is 12.0. The molecular weight excluding hydrogens is 725 g/mol. The molecule has 56 heavy (non-hydrogen) atoms. The third-order valence-electron chi connectivity index (χ3n) is 11.2. The number of thiophene rings is 2. The van der Waals surface area contributed by atoms with Crippen LogP contribution in [0.15, 0.2) is 162 Å². The maximum absolute atomic E-state index is 6.35. The number of rotatable bonds is 3. The number of nitrogens with zero attached hydrogens (tertiary/aromatic N) is 4. The Morgan fingerprint density at radius 3 is 1.95 bits per heavy atom. The van der Waals surface area contributed by atoms with Gasteiger partial charge in [0, 0.05) is 83.8 Å². The first-order valence-corrected chi connectivity index (χ1v) is 20.2. The summed E-state index contributed by atoms with van der Waals surface area (Å²) in [6, 6.07) is 55.6. The largest absolute Gasteiger partial charge is 0.456 e. The Morgan fingerprint density at radius 2 is 1.09 bits per heavy atom. The highest BCUT2D eigenvalue weighted by atomic mass is 32.1. The molecule has 0 bridgehead atoms. The molecule has 5 aromatic heterocycles. The fourth-order valence-electron chi connectivity index (χ4n) is 8.94. The van der Waals surface area contributed by atoms with Crippen molar-refractivity contribution in [1.29, 1.82) is 0 Å². The van der Waals surface area contributed by atoms with E-state index in [1.165, 1.54) is 61.9 Å². The van der Waals surface area contributed by atoms with Crippen molar-refractivity contribution >= 4 is 118 Å². The van der Waals surface area contributed by atoms with Crippen LogP contribution in [0.2, 0.25) is 0 Å². The van der Waals surface area contributed by atoms with Crippen LogP contribution in [0.4, 0.5) is 0 Å². The van der Waals surface area contributed by atoms with Crippen molar-refractivity contribution in [2.75, 3.05) is 0 Å². The lowest BCUT2D eigenvalue weighted by Crippen LogP contribution is -2.06. The minimum absolute atomic E-state index is 0.571. The monoisotopic (exact) mass is 750 g/mol. The van der Waals surface area contributed by atoms with E-state index in [4.69, 9.17) is 19.4 Å². The van der Waals surface area contributed by atoms with Crippen LogP contribution in [-0.4, -0.2) is 19.5 Å². The van der Waals surface area contributed by atoms with Gasteiger partial charge >= 0.3 is 0 Å². The highest BCUT2D eigenvalue weighted by Crippen LogP contribution is 2.51. The third-order valence-corrected chi connectivity index (χ3v) is 13.6. The average molecular weight is 751 g/mol. The first-order valence-electron chi connectivity index (χ1n) is 18.6. The van der Waals surface area contributed by atoms with E-state index in [-0.39, 0.29) is 0 Å². The lowest BCUT2D eigenvalue weighted by molar-refractivity contribution is 0.669. The van der Waals surface area contributed by atoms with Crippen LogP contribution in [0.1, 0.15) is 0 Å². The molecular formula is C49H26N4OS2. The van der Waals surface area contributed by atoms with Crippen molar-refractivity contribution in [2.45, 2.75) is 0 Å². The SMILES string of the molecule is c1ccc(-c2nc(-c3cccc4oc5ccccc5c34)nc(-n3c4ccccc4c4c5sc6ccccc6c5c5c(ccc6sc7ccccc7c65)c43)n2)cc1. The van der Waals surface area contributed by atoms with Crippen molar-refractivity contribution in [3.8, 4) is 28.7 Å². The Bertz CT molecular complexity index is 3780. The summed E-state index contributed by atoms with van der Waals surface area (Å²) in [4.78, 5) is 16.0. The Kier molecular flexibility index (Phi) is 6.14. The smallest absolute Gasteiger partial charge is 0.238 e. The Morgan fingerprint density at radius 1 is 0.411 bits per heavy atom. The van der Waals surface area contributed by atoms with Crippen LogP contribution >= 0.6 is 22.7 Å². The molecule has 0 unspecified atom stereocenters. The van der Waals surface area contributed by atoms with Gasteiger partial charge in [0.15, 0.2) is 11.6 Å². The summed E-state index contributed by atoms with van der Waals surface area (Å²) in [6.45, 7) is 0. The fraction of sp³-hybridized carbons (Fsp3) is 0. The first-order chi connectivity index (χ1) is 27.8. The zero-order valence-electron chi connectivity index (χ0n) is 29.5. The number of hydrogen-bond donors (Lipinski definition) is 0. The van der Waals surface area contributed by atoms with Crippen molar-refractivity contribution < 1.29 is 4.42 Å². The van der Waals surface area contributed by atoms with E-state index in [1.54, 1.807) is 0 Å². The standard InChI is InChI=1S/C49H26N4OS2/c1-2-13-27(14-3-1)47-50-48(33-19-12-22-36-40(33)29-16-5-9-21-35(29)54-36)52-49(51-47)53-34-20-8-4-15-28(34)44-45(53)32-25-26-39-41(30-17-6-10-23-37(30)55-39)42(32)43-31-18-7-11-24-38(31)56-46(43)44/h1-26H. The van der Waals surface area contributed by atoms with Crippen molar-refractivity contribution in [1.82, 2.24) is 19.5 Å². The molecule has 0 saturated heterocycles. The summed E-state index contributed by atoms with van der Waals surface area (Å²) in [5.74, 6) is 1.78. The van der Waals surface area contributed by atoms with E-state index in [0.717, 1.165) is 44.1 Å². The normalized spacial score (nSPS) is 12.3. The maximum Gasteiger partial charge on any atom is 0.238 e. The summed E-state index contributed by atoms with van der Waals surface area (Å²) in [7, 11) is 0. The van der Waals surface area contributed by atoms with Crippen molar-refractivity contribution in [3.05, 3.63) is 158 Å². The second kappa shape index (κ2) is 11.3. The van der Waals surface area contributed by atoms with Crippen molar-refractivity contribution in [2.24, 2.45) is 0 Å². The molecule has 7 heteroatoms. The molecule has 0 atom stereocenters. The van der Waals surface area contributed by atoms with Gasteiger partial charge < -0.3 is 4.42 Å². The van der Waals surface area contributed by atoms with E-state index in [2.05, 4.69) is 114 Å². The number of para-hydroxylation sites is 2. The first kappa shape index (κ1) is 30.4. The molecule has 0 fully saturated rings. The fourth-order valence-corrected chi connectivity index (χ4v) is 11.3. The molecule has 5 heterocycles. The summed E-state index contributed by atoms with van der Waals surface area (Å²) >= 11 is 3.74. The molecule has 0 amide bonds. The molecule has 13 aromatic rings. The molecule has 0 radical (unpaired) electrons. The summed E-state index contributed by atoms with van der Waals surface area (Å²) in [5.41, 5.74) is 5.60. The Hall–Kier alpha value is -6.93. The molecule has 0 saturated carbocycles. The molecule has 0 spiro atoms. The zero-order valence-corrected chi connectivity index (χ0v) is 31.2. The van der Waals surface area contributed by atoms with Crippen LogP contribution < -0.4 is 0 Å². The third kappa shape index (κ3) is 4.10. The maximum atomic E-state index is 6.35. The molecule has 0 aliphatic rings. The van der Waals surface area contributed by atoms with Gasteiger partial charge in [0.1, 0.15) is 11.2 Å². The second-order valence-corrected chi connectivity index (χ2v) is 16.4. The molecule has 0 aliphatic carbocycles. The minimum Gasteiger partial charge on any atom is -0.456 e. The predicted octanol–water partition coefficient (Wildman–Crippen LogP) is 14.1. The lowest BCUT2D eigenvalue weighted by Gasteiger charge is -2.13. The predicted molar refractivity (Wildman–Crippen MR) is 236 cm³/mol. The summed E-state index contributed by atoms with van der Waals surface area (Å²) in [6.07, 6.45) is 0. The van der Waals surface area contributed by atoms with Crippen molar-refractivity contribution in [3.63, 3.8) is 0 Å². The molecule has 8 aromatic carbocycles. The number of benzene rings is 8. The average Bonchev–Trinajstić information content (AvgIpc) is 4.02. The number of hydrogen-bond acceptors (Lipinski definition) is 6. The molecule has 260 valence electrons. The van der Waals surface area contributed by atoms with Crippen LogP contribution in [0.25, 0.3) is 124 Å². The van der Waals surface area contributed by atoms with Crippen LogP contribution in [0.3, 0.4) is 0 Å². The van der Waals surface area contributed by atoms with E-state index < -0.39 is 0 Å². The minimum atomic E-state index is 0.571. The van der Waals surface area contributed by atoms with Gasteiger partial charge in [-0.05, 0) is 36.4 Å². The quantitative estimate of drug-likeness (QED) is 0.180. The summed E-state index contributed by atoms with van der Waals surface area (Å²) < 4.78 is 13.8. The second-order valence-electron chi connectivity index (χ2n) is 14.3. The number of furan rings is 1. The lowest BCUT2D eigenvalue weighted by atomic mass is 9.96. The number of aromatic nitrogens is 4. The zero-order chi connectivity index (χ0) is 36.5. The van der Waals surface area contributed by atoms with Gasteiger partial charge in [0.2, 0.25) is 5.95 Å². The van der Waals surface area contributed by atoms with Gasteiger partial charge in [-0.15, -0.1) is 22.7 Å². The van der Waals surface area contributed by atoms with Gasteiger partial charge in [0.05, 0.1) is 11.0 Å². The van der Waals surface area contributed by atoms with E-state index in [1.807, 2.05) is 71.2 Å². The topological polar surface area (TPSA) is 56.7 Å². The highest BCUT2D eigenvalue weighted by Gasteiger charge is 2.26. The van der Waals surface area contributed by atoms with Crippen LogP contribution in [0, 0.1) is 0 Å². The van der Waals surface area contributed by atoms with E-state index in [0.29, 0.717) is 17.6 Å². The van der Waals surface area contributed by atoms with Crippen LogP contribution in [-0.2, 0) is 0 Å². The molecule has 5 nitrogen and oxygen atoms in total. The Labute approximate surface area is 326 Å². The van der Waals surface area contributed by atoms with E-state index >= 15 is 0 Å². The van der Waals surface area contributed by atoms with E-state index in [9.17, 15) is 0 Å². The van der Waals surface area contributed by atoms with Gasteiger partial charge in [-0.3, -0.25) is 4.57 Å². The molecule has 0 N–H and O–H groups in total. The van der Waals surface area contributed by atoms with Gasteiger partial charge in [-0.1, -0.05) is 121 Å². The highest BCUT2D eigenvalue weighted by molar-refractivity contribution is 7.27. The van der Waals surface area contributed by atoms with Gasteiger partial charge in [0.25, 0.3) is 0 Å². The number of fused-ring (bicyclic) bond motifs is 17.